The summed E-state index contributed by atoms with van der Waals surface area (Å²) in [7, 11) is 1.89. The number of hydrogen-bond acceptors (Lipinski definition) is 3. The Morgan fingerprint density at radius 1 is 1.13 bits per heavy atom. The fourth-order valence-electron chi connectivity index (χ4n) is 4.34. The third-order valence-corrected chi connectivity index (χ3v) is 6.12. The highest BCUT2D eigenvalue weighted by Crippen LogP contribution is 2.36. The van der Waals surface area contributed by atoms with E-state index in [1.807, 2.05) is 13.1 Å². The van der Waals surface area contributed by atoms with E-state index < -0.39 is 0 Å². The third-order valence-electron chi connectivity index (χ3n) is 6.12. The molecule has 0 radical (unpaired) electrons. The van der Waals surface area contributed by atoms with Crippen molar-refractivity contribution < 1.29 is 4.39 Å². The molecule has 164 valence electrons. The molecular formula is C27H34FN3. The fraction of sp³-hybridized carbons (Fsp3) is 0.333. The molecule has 0 aromatic heterocycles. The minimum atomic E-state index is -0.186. The largest absolute Gasteiger partial charge is 0.388 e. The average Bonchev–Trinajstić information content (AvgIpc) is 3.06. The van der Waals surface area contributed by atoms with Crippen LogP contribution in [0.4, 0.5) is 10.1 Å². The number of hydrogen-bond donors (Lipinski definition) is 3. The zero-order chi connectivity index (χ0) is 22.7. The smallest absolute Gasteiger partial charge is 0.123 e. The Morgan fingerprint density at radius 3 is 2.52 bits per heavy atom. The summed E-state index contributed by atoms with van der Waals surface area (Å²) in [6.45, 7) is 17.0. The van der Waals surface area contributed by atoms with Crippen LogP contribution in [-0.4, -0.2) is 13.1 Å². The van der Waals surface area contributed by atoms with Crippen molar-refractivity contribution >= 4 is 17.0 Å². The molecule has 3 N–H and O–H groups in total. The van der Waals surface area contributed by atoms with Crippen LogP contribution in [-0.2, 0) is 12.8 Å². The van der Waals surface area contributed by atoms with Gasteiger partial charge in [-0.15, -0.1) is 0 Å². The summed E-state index contributed by atoms with van der Waals surface area (Å²) in [6, 6.07) is 11.5. The second-order valence-electron chi connectivity index (χ2n) is 8.55. The second-order valence-corrected chi connectivity index (χ2v) is 8.55. The molecule has 2 aromatic carbocycles. The normalized spacial score (nSPS) is 13.8. The van der Waals surface area contributed by atoms with Gasteiger partial charge in [0.2, 0.25) is 0 Å². The molecule has 1 aliphatic rings. The van der Waals surface area contributed by atoms with E-state index in [1.54, 1.807) is 12.1 Å². The van der Waals surface area contributed by atoms with Crippen LogP contribution in [0.25, 0.3) is 11.3 Å². The zero-order valence-electron chi connectivity index (χ0n) is 19.3. The van der Waals surface area contributed by atoms with E-state index in [9.17, 15) is 4.39 Å². The molecule has 1 atom stereocenters. The molecule has 0 bridgehead atoms. The van der Waals surface area contributed by atoms with Gasteiger partial charge in [0.05, 0.1) is 11.9 Å². The van der Waals surface area contributed by atoms with E-state index in [-0.39, 0.29) is 11.9 Å². The Kier molecular flexibility index (Phi) is 6.89. The number of fused-ring (bicyclic) bond motifs is 1. The van der Waals surface area contributed by atoms with Crippen molar-refractivity contribution in [1.82, 2.24) is 10.6 Å². The van der Waals surface area contributed by atoms with Crippen molar-refractivity contribution in [3.63, 3.8) is 0 Å². The van der Waals surface area contributed by atoms with E-state index >= 15 is 0 Å². The molecule has 1 unspecified atom stereocenters. The molecule has 0 heterocycles. The Hall–Kier alpha value is -3.01. The topological polar surface area (TPSA) is 36.1 Å². The predicted molar refractivity (Wildman–Crippen MR) is 131 cm³/mol. The van der Waals surface area contributed by atoms with E-state index in [0.29, 0.717) is 5.92 Å². The number of nitrogens with one attached hydrogen (secondary N) is 3. The first kappa shape index (κ1) is 22.7. The summed E-state index contributed by atoms with van der Waals surface area (Å²) in [4.78, 5) is 0. The van der Waals surface area contributed by atoms with E-state index in [1.165, 1.54) is 16.7 Å². The van der Waals surface area contributed by atoms with Crippen molar-refractivity contribution in [3.05, 3.63) is 89.0 Å². The molecule has 1 aliphatic carbocycles. The van der Waals surface area contributed by atoms with Crippen LogP contribution >= 0.6 is 0 Å². The lowest BCUT2D eigenvalue weighted by Crippen LogP contribution is -2.37. The first-order chi connectivity index (χ1) is 14.7. The van der Waals surface area contributed by atoms with Crippen molar-refractivity contribution in [1.29, 1.82) is 0 Å². The first-order valence-electron chi connectivity index (χ1n) is 11.0. The molecular weight excluding hydrogens is 385 g/mol. The second kappa shape index (κ2) is 9.42. The summed E-state index contributed by atoms with van der Waals surface area (Å²) in [6.07, 6.45) is 1.78. The van der Waals surface area contributed by atoms with Gasteiger partial charge in [-0.05, 0) is 77.8 Å². The molecule has 4 heteroatoms. The predicted octanol–water partition coefficient (Wildman–Crippen LogP) is 6.11. The van der Waals surface area contributed by atoms with Crippen molar-refractivity contribution in [2.24, 2.45) is 5.92 Å². The fourth-order valence-corrected chi connectivity index (χ4v) is 4.34. The molecule has 0 amide bonds. The van der Waals surface area contributed by atoms with Gasteiger partial charge in [0.15, 0.2) is 0 Å². The van der Waals surface area contributed by atoms with Gasteiger partial charge in [-0.25, -0.2) is 4.39 Å². The molecule has 0 saturated heterocycles. The Labute approximate surface area is 186 Å². The van der Waals surface area contributed by atoms with Gasteiger partial charge >= 0.3 is 0 Å². The van der Waals surface area contributed by atoms with Gasteiger partial charge in [-0.2, -0.15) is 0 Å². The Morgan fingerprint density at radius 2 is 1.87 bits per heavy atom. The van der Waals surface area contributed by atoms with Gasteiger partial charge in [0.1, 0.15) is 5.82 Å². The van der Waals surface area contributed by atoms with Crippen LogP contribution < -0.4 is 16.0 Å². The van der Waals surface area contributed by atoms with Crippen LogP contribution in [0.1, 0.15) is 49.9 Å². The summed E-state index contributed by atoms with van der Waals surface area (Å²) in [5, 5.41) is 10.1. The van der Waals surface area contributed by atoms with Crippen LogP contribution in [0.15, 0.2) is 61.0 Å². The SMILES string of the molecule is C=C(Nc1ccc(CC)c(C(=C)NC)c1)NC(C1=C(C)c2cc(F)ccc2C1)C(C)C. The third kappa shape index (κ3) is 4.84. The van der Waals surface area contributed by atoms with Gasteiger partial charge < -0.3 is 16.0 Å². The maximum atomic E-state index is 13.8. The van der Waals surface area contributed by atoms with Gasteiger partial charge in [0.25, 0.3) is 0 Å². The van der Waals surface area contributed by atoms with Crippen LogP contribution in [0, 0.1) is 11.7 Å². The molecule has 2 aromatic rings. The van der Waals surface area contributed by atoms with Crippen LogP contribution in [0.2, 0.25) is 0 Å². The van der Waals surface area contributed by atoms with Crippen molar-refractivity contribution in [2.75, 3.05) is 12.4 Å². The van der Waals surface area contributed by atoms with Gasteiger partial charge in [-0.3, -0.25) is 0 Å². The number of aryl methyl sites for hydroxylation is 1. The summed E-state index contributed by atoms with van der Waals surface area (Å²) in [5.41, 5.74) is 8.88. The molecule has 0 fully saturated rings. The maximum Gasteiger partial charge on any atom is 0.123 e. The number of benzene rings is 2. The molecule has 3 rings (SSSR count). The summed E-state index contributed by atoms with van der Waals surface area (Å²) < 4.78 is 13.8. The van der Waals surface area contributed by atoms with E-state index in [4.69, 9.17) is 0 Å². The van der Waals surface area contributed by atoms with Crippen molar-refractivity contribution in [2.45, 2.75) is 46.6 Å². The number of anilines is 1. The highest BCUT2D eigenvalue weighted by molar-refractivity contribution is 5.76. The summed E-state index contributed by atoms with van der Waals surface area (Å²) >= 11 is 0. The lowest BCUT2D eigenvalue weighted by Gasteiger charge is -2.28. The molecule has 0 aliphatic heterocycles. The van der Waals surface area contributed by atoms with E-state index in [2.05, 4.69) is 75.0 Å². The first-order valence-corrected chi connectivity index (χ1v) is 11.0. The van der Waals surface area contributed by atoms with Crippen LogP contribution in [0.5, 0.6) is 0 Å². The molecule has 0 spiro atoms. The number of rotatable bonds is 9. The lowest BCUT2D eigenvalue weighted by atomic mass is 9.92. The van der Waals surface area contributed by atoms with Gasteiger partial charge in [0, 0.05) is 24.0 Å². The highest BCUT2D eigenvalue weighted by atomic mass is 19.1. The summed E-state index contributed by atoms with van der Waals surface area (Å²) in [5.74, 6) is 0.908. The molecule has 3 nitrogen and oxygen atoms in total. The molecule has 0 saturated carbocycles. The zero-order valence-corrected chi connectivity index (χ0v) is 19.3. The van der Waals surface area contributed by atoms with Crippen LogP contribution in [0.3, 0.4) is 0 Å². The Bertz CT molecular complexity index is 1030. The Balaban J connectivity index is 1.79. The quantitative estimate of drug-likeness (QED) is 0.459. The van der Waals surface area contributed by atoms with Gasteiger partial charge in [-0.1, -0.05) is 46.1 Å². The standard InChI is InChI=1S/C27H34FN3/c1-8-20-10-12-23(15-26(20)18(5)29-7)30-19(6)31-27(16(2)3)25-13-21-9-11-22(28)14-24(21)17(25)4/h9-12,14-16,27,29-31H,5-6,8,13H2,1-4,7H3. The highest BCUT2D eigenvalue weighted by Gasteiger charge is 2.27. The maximum absolute atomic E-state index is 13.8. The number of allylic oxidation sites excluding steroid dienone is 1. The number of halogens is 1. The molecule has 31 heavy (non-hydrogen) atoms. The minimum Gasteiger partial charge on any atom is -0.388 e. The lowest BCUT2D eigenvalue weighted by molar-refractivity contribution is 0.479. The minimum absolute atomic E-state index is 0.108. The van der Waals surface area contributed by atoms with E-state index in [0.717, 1.165) is 46.7 Å². The van der Waals surface area contributed by atoms with Crippen molar-refractivity contribution in [3.8, 4) is 0 Å². The monoisotopic (exact) mass is 419 g/mol. The average molecular weight is 420 g/mol.